The summed E-state index contributed by atoms with van der Waals surface area (Å²) in [5, 5.41) is 18.1. The number of carbonyl (C=O) groups is 2. The molecule has 0 spiro atoms. The molecule has 0 bridgehead atoms. The van der Waals surface area contributed by atoms with Crippen LogP contribution in [0.2, 0.25) is 0 Å². The summed E-state index contributed by atoms with van der Waals surface area (Å²) in [5.41, 5.74) is 0. The van der Waals surface area contributed by atoms with Crippen LogP contribution in [0.1, 0.15) is 90.9 Å². The first kappa shape index (κ1) is 24.9. The Morgan fingerprint density at radius 3 is 1.85 bits per heavy atom. The van der Waals surface area contributed by atoms with Crippen molar-refractivity contribution in [2.45, 2.75) is 97.2 Å². The second-order valence-corrected chi connectivity index (χ2v) is 6.85. The van der Waals surface area contributed by atoms with E-state index in [-0.39, 0.29) is 6.42 Å². The minimum atomic E-state index is -0.793. The van der Waals surface area contributed by atoms with Crippen LogP contribution in [0.15, 0.2) is 0 Å². The van der Waals surface area contributed by atoms with Gasteiger partial charge in [0.1, 0.15) is 0 Å². The van der Waals surface area contributed by atoms with E-state index in [4.69, 9.17) is 14.6 Å². The van der Waals surface area contributed by atoms with Crippen molar-refractivity contribution in [3.05, 3.63) is 0 Å². The zero-order chi connectivity index (χ0) is 19.6. The van der Waals surface area contributed by atoms with E-state index < -0.39 is 24.1 Å². The molecule has 1 atom stereocenters. The molecule has 0 aliphatic carbocycles. The van der Waals surface area contributed by atoms with Crippen LogP contribution in [0.5, 0.6) is 0 Å². The molecule has 0 amide bonds. The summed E-state index contributed by atoms with van der Waals surface area (Å²) < 4.78 is 11.5. The molecule has 0 saturated heterocycles. The van der Waals surface area contributed by atoms with Crippen molar-refractivity contribution in [3.8, 4) is 0 Å². The summed E-state index contributed by atoms with van der Waals surface area (Å²) >= 11 is 0. The van der Waals surface area contributed by atoms with E-state index in [1.165, 1.54) is 0 Å². The Hall–Kier alpha value is -1.14. The van der Waals surface area contributed by atoms with Gasteiger partial charge in [0, 0.05) is 26.1 Å². The molecule has 1 unspecified atom stereocenters. The highest BCUT2D eigenvalue weighted by Gasteiger charge is 2.23. The Bertz CT molecular complexity index is 348. The summed E-state index contributed by atoms with van der Waals surface area (Å²) in [6, 6.07) is 0. The van der Waals surface area contributed by atoms with Crippen molar-refractivity contribution >= 4 is 11.9 Å². The van der Waals surface area contributed by atoms with Crippen molar-refractivity contribution in [2.75, 3.05) is 13.2 Å². The molecule has 154 valence electrons. The van der Waals surface area contributed by atoms with Gasteiger partial charge < -0.3 is 19.7 Å². The average Bonchev–Trinajstić information content (AvgIpc) is 2.59. The summed E-state index contributed by atoms with van der Waals surface area (Å²) in [7, 11) is 0. The predicted molar refractivity (Wildman–Crippen MR) is 101 cm³/mol. The second-order valence-electron chi connectivity index (χ2n) is 6.85. The van der Waals surface area contributed by atoms with E-state index >= 15 is 0 Å². The largest absolute Gasteiger partial charge is 0.481 e. The molecular weight excluding hydrogens is 336 g/mol. The molecule has 0 aliphatic rings. The van der Waals surface area contributed by atoms with E-state index in [1.807, 2.05) is 0 Å². The Kier molecular flexibility index (Phi) is 16.5. The van der Waals surface area contributed by atoms with Gasteiger partial charge in [0.2, 0.25) is 0 Å². The molecule has 0 aliphatic heterocycles. The van der Waals surface area contributed by atoms with Crippen LogP contribution >= 0.6 is 0 Å². The summed E-state index contributed by atoms with van der Waals surface area (Å²) in [5.74, 6) is -2.01. The molecule has 0 radical (unpaired) electrons. The molecule has 0 fully saturated rings. The maximum Gasteiger partial charge on any atom is 0.306 e. The zero-order valence-corrected chi connectivity index (χ0v) is 16.6. The second kappa shape index (κ2) is 17.3. The fourth-order valence-electron chi connectivity index (χ4n) is 2.67. The third-order valence-corrected chi connectivity index (χ3v) is 4.37. The molecule has 0 rings (SSSR count). The van der Waals surface area contributed by atoms with Crippen LogP contribution in [0.4, 0.5) is 0 Å². The van der Waals surface area contributed by atoms with Gasteiger partial charge in [-0.25, -0.2) is 0 Å². The average molecular weight is 375 g/mol. The number of carboxylic acids is 2. The Morgan fingerprint density at radius 1 is 0.808 bits per heavy atom. The highest BCUT2D eigenvalue weighted by atomic mass is 16.7. The number of hydrogen-bond donors (Lipinski definition) is 2. The third-order valence-electron chi connectivity index (χ3n) is 4.37. The molecule has 0 saturated carbocycles. The van der Waals surface area contributed by atoms with Crippen molar-refractivity contribution in [1.82, 2.24) is 0 Å². The first-order valence-corrected chi connectivity index (χ1v) is 10.2. The normalized spacial score (nSPS) is 12.4. The first-order valence-electron chi connectivity index (χ1n) is 10.2. The van der Waals surface area contributed by atoms with Gasteiger partial charge in [-0.05, 0) is 25.7 Å². The van der Waals surface area contributed by atoms with Gasteiger partial charge in [0.05, 0.1) is 5.92 Å². The molecule has 0 aromatic carbocycles. The number of aliphatic carboxylic acids is 2. The van der Waals surface area contributed by atoms with Crippen molar-refractivity contribution in [1.29, 1.82) is 0 Å². The molecular formula is C20H38O6. The number of ether oxygens (including phenoxy) is 2. The molecule has 0 aromatic rings. The van der Waals surface area contributed by atoms with Gasteiger partial charge in [0.25, 0.3) is 0 Å². The van der Waals surface area contributed by atoms with Crippen LogP contribution in [-0.2, 0) is 19.1 Å². The van der Waals surface area contributed by atoms with Crippen LogP contribution in [0, 0.1) is 5.92 Å². The fourth-order valence-corrected chi connectivity index (χ4v) is 2.67. The van der Waals surface area contributed by atoms with Gasteiger partial charge in [-0.2, -0.15) is 0 Å². The minimum Gasteiger partial charge on any atom is -0.481 e. The van der Waals surface area contributed by atoms with Gasteiger partial charge in [-0.3, -0.25) is 9.59 Å². The number of rotatable bonds is 19. The van der Waals surface area contributed by atoms with E-state index in [9.17, 15) is 14.7 Å². The maximum absolute atomic E-state index is 11.6. The Morgan fingerprint density at radius 2 is 1.35 bits per heavy atom. The van der Waals surface area contributed by atoms with Crippen molar-refractivity contribution in [2.24, 2.45) is 5.92 Å². The number of unbranched alkanes of at least 4 members (excludes halogenated alkanes) is 6. The highest BCUT2D eigenvalue weighted by molar-refractivity contribution is 5.69. The lowest BCUT2D eigenvalue weighted by Crippen LogP contribution is -2.26. The van der Waals surface area contributed by atoms with E-state index in [0.29, 0.717) is 32.5 Å². The van der Waals surface area contributed by atoms with E-state index in [2.05, 4.69) is 13.8 Å². The smallest absolute Gasteiger partial charge is 0.306 e. The van der Waals surface area contributed by atoms with Crippen LogP contribution in [0.25, 0.3) is 0 Å². The van der Waals surface area contributed by atoms with Crippen LogP contribution in [-0.4, -0.2) is 41.7 Å². The number of carboxylic acid groups (broad SMARTS) is 2. The van der Waals surface area contributed by atoms with Crippen molar-refractivity contribution < 1.29 is 29.3 Å². The summed E-state index contributed by atoms with van der Waals surface area (Å²) in [6.07, 6.45) is 9.02. The molecule has 6 nitrogen and oxygen atoms in total. The fraction of sp³-hybridized carbons (Fsp3) is 0.900. The highest BCUT2D eigenvalue weighted by Crippen LogP contribution is 2.20. The van der Waals surface area contributed by atoms with Gasteiger partial charge in [-0.15, -0.1) is 0 Å². The predicted octanol–water partition coefficient (Wildman–Crippen LogP) is 4.85. The minimum absolute atomic E-state index is 0.212. The molecule has 26 heavy (non-hydrogen) atoms. The summed E-state index contributed by atoms with van der Waals surface area (Å²) in [4.78, 5) is 22.0. The molecule has 2 N–H and O–H groups in total. The van der Waals surface area contributed by atoms with Crippen LogP contribution < -0.4 is 0 Å². The van der Waals surface area contributed by atoms with Gasteiger partial charge in [0.15, 0.2) is 6.29 Å². The van der Waals surface area contributed by atoms with E-state index in [0.717, 1.165) is 51.4 Å². The molecule has 0 aromatic heterocycles. The summed E-state index contributed by atoms with van der Waals surface area (Å²) in [6.45, 7) is 5.38. The quantitative estimate of drug-likeness (QED) is 0.248. The molecule has 6 heteroatoms. The number of hydrogen-bond acceptors (Lipinski definition) is 4. The van der Waals surface area contributed by atoms with Crippen LogP contribution in [0.3, 0.4) is 0 Å². The first-order chi connectivity index (χ1) is 12.5. The zero-order valence-electron chi connectivity index (χ0n) is 16.6. The maximum atomic E-state index is 11.6. The SMILES string of the molecule is CCCCOC(CC(CCCCCCCC(=O)O)C(=O)O)OCCCC. The van der Waals surface area contributed by atoms with Gasteiger partial charge >= 0.3 is 11.9 Å². The van der Waals surface area contributed by atoms with E-state index in [1.54, 1.807) is 0 Å². The lowest BCUT2D eigenvalue weighted by atomic mass is 9.97. The monoisotopic (exact) mass is 374 g/mol. The Balaban J connectivity index is 4.18. The topological polar surface area (TPSA) is 93.1 Å². The van der Waals surface area contributed by atoms with Gasteiger partial charge in [-0.1, -0.05) is 52.4 Å². The molecule has 0 heterocycles. The third kappa shape index (κ3) is 15.1. The lowest BCUT2D eigenvalue weighted by Gasteiger charge is -2.22. The lowest BCUT2D eigenvalue weighted by molar-refractivity contribution is -0.165. The van der Waals surface area contributed by atoms with Crippen molar-refractivity contribution in [3.63, 3.8) is 0 Å². The Labute approximate surface area is 158 Å². The standard InChI is InChI=1S/C20H38O6/c1-3-5-14-25-19(26-15-6-4-2)16-17(20(23)24)12-10-8-7-9-11-13-18(21)22/h17,19H,3-16H2,1-2H3,(H,21,22)(H,23,24).